The molecule has 4 aromatic rings. The van der Waals surface area contributed by atoms with E-state index in [9.17, 15) is 4.79 Å². The lowest BCUT2D eigenvalue weighted by atomic mass is 10.0. The lowest BCUT2D eigenvalue weighted by Crippen LogP contribution is -2.24. The molecule has 5 nitrogen and oxygen atoms in total. The number of rotatable bonds is 8. The normalized spacial score (nSPS) is 11.1. The first-order valence-electron chi connectivity index (χ1n) is 9.08. The molecule has 0 aliphatic rings. The Balaban J connectivity index is 1.34. The van der Waals surface area contributed by atoms with E-state index in [2.05, 4.69) is 15.3 Å². The Hall–Kier alpha value is -2.86. The highest BCUT2D eigenvalue weighted by molar-refractivity contribution is 7.12. The monoisotopic (exact) mass is 379 g/mol. The Kier molecular flexibility index (Phi) is 5.34. The molecule has 1 amide bonds. The highest BCUT2D eigenvalue weighted by Gasteiger charge is 2.14. The SMILES string of the molecule is O=C(NCCCCc1ccoc1)c1sccc1Cc1ccnc2[nH]ccc12. The molecule has 0 atom stereocenters. The number of nitrogens with zero attached hydrogens (tertiary/aromatic N) is 1. The molecule has 2 N–H and O–H groups in total. The predicted octanol–water partition coefficient (Wildman–Crippen LogP) is 4.56. The fourth-order valence-corrected chi connectivity index (χ4v) is 4.06. The molecule has 0 aromatic carbocycles. The van der Waals surface area contributed by atoms with Crippen molar-refractivity contribution in [2.24, 2.45) is 0 Å². The fraction of sp³-hybridized carbons (Fsp3) is 0.238. The zero-order chi connectivity index (χ0) is 18.5. The van der Waals surface area contributed by atoms with Crippen LogP contribution in [0.25, 0.3) is 11.0 Å². The Morgan fingerprint density at radius 2 is 2.15 bits per heavy atom. The summed E-state index contributed by atoms with van der Waals surface area (Å²) in [5, 5.41) is 6.14. The van der Waals surface area contributed by atoms with Crippen LogP contribution in [0, 0.1) is 0 Å². The topological polar surface area (TPSA) is 70.9 Å². The predicted molar refractivity (Wildman–Crippen MR) is 107 cm³/mol. The van der Waals surface area contributed by atoms with E-state index in [-0.39, 0.29) is 5.91 Å². The highest BCUT2D eigenvalue weighted by atomic mass is 32.1. The van der Waals surface area contributed by atoms with E-state index < -0.39 is 0 Å². The van der Waals surface area contributed by atoms with Gasteiger partial charge < -0.3 is 14.7 Å². The van der Waals surface area contributed by atoms with Crippen molar-refractivity contribution in [3.05, 3.63) is 76.1 Å². The van der Waals surface area contributed by atoms with Gasteiger partial charge in [0.05, 0.1) is 17.4 Å². The zero-order valence-corrected chi connectivity index (χ0v) is 15.7. The summed E-state index contributed by atoms with van der Waals surface area (Å²) in [6, 6.07) is 8.07. The number of fused-ring (bicyclic) bond motifs is 1. The first-order valence-corrected chi connectivity index (χ1v) is 9.96. The molecule has 0 unspecified atom stereocenters. The molecular formula is C21H21N3O2S. The number of hydrogen-bond donors (Lipinski definition) is 2. The third kappa shape index (κ3) is 4.11. The van der Waals surface area contributed by atoms with Crippen molar-refractivity contribution in [3.8, 4) is 0 Å². The van der Waals surface area contributed by atoms with E-state index in [0.717, 1.165) is 47.2 Å². The Labute approximate surface area is 161 Å². The molecule has 0 aliphatic heterocycles. The Bertz CT molecular complexity index is 1020. The molecule has 4 heterocycles. The average molecular weight is 379 g/mol. The van der Waals surface area contributed by atoms with Gasteiger partial charge in [-0.25, -0.2) is 4.98 Å². The number of hydrogen-bond acceptors (Lipinski definition) is 4. The van der Waals surface area contributed by atoms with Gasteiger partial charge in [-0.05, 0) is 72.0 Å². The molecule has 0 saturated carbocycles. The van der Waals surface area contributed by atoms with Gasteiger partial charge in [0, 0.05) is 24.3 Å². The van der Waals surface area contributed by atoms with Crippen LogP contribution < -0.4 is 5.32 Å². The van der Waals surface area contributed by atoms with Crippen LogP contribution in [0.1, 0.15) is 39.2 Å². The summed E-state index contributed by atoms with van der Waals surface area (Å²) >= 11 is 1.50. The summed E-state index contributed by atoms with van der Waals surface area (Å²) in [5.41, 5.74) is 4.32. The second-order valence-electron chi connectivity index (χ2n) is 6.51. The van der Waals surface area contributed by atoms with Crippen molar-refractivity contribution < 1.29 is 9.21 Å². The van der Waals surface area contributed by atoms with E-state index in [1.54, 1.807) is 18.7 Å². The Morgan fingerprint density at radius 3 is 3.04 bits per heavy atom. The molecule has 0 saturated heterocycles. The molecule has 6 heteroatoms. The molecular weight excluding hydrogens is 358 g/mol. The van der Waals surface area contributed by atoms with Crippen LogP contribution in [-0.4, -0.2) is 22.4 Å². The van der Waals surface area contributed by atoms with Crippen LogP contribution in [0.2, 0.25) is 0 Å². The van der Waals surface area contributed by atoms with Gasteiger partial charge in [0.25, 0.3) is 5.91 Å². The standard InChI is InChI=1S/C21H21N3O2S/c25-21(24-8-2-1-3-15-6-11-26-14-15)19-17(7-12-27-19)13-16-4-9-22-20-18(16)5-10-23-20/h4-7,9-12,14H,1-3,8,13H2,(H,22,23)(H,24,25). The van der Waals surface area contributed by atoms with Gasteiger partial charge in [-0.3, -0.25) is 4.79 Å². The summed E-state index contributed by atoms with van der Waals surface area (Å²) in [5.74, 6) is 0.0164. The Morgan fingerprint density at radius 1 is 1.19 bits per heavy atom. The van der Waals surface area contributed by atoms with Crippen LogP contribution in [0.5, 0.6) is 0 Å². The number of unbranched alkanes of at least 4 members (excludes halogenated alkanes) is 1. The lowest BCUT2D eigenvalue weighted by molar-refractivity contribution is 0.0956. The molecule has 0 aliphatic carbocycles. The minimum absolute atomic E-state index is 0.0164. The molecule has 0 radical (unpaired) electrons. The van der Waals surface area contributed by atoms with Gasteiger partial charge in [0.2, 0.25) is 0 Å². The van der Waals surface area contributed by atoms with Gasteiger partial charge in [-0.1, -0.05) is 0 Å². The van der Waals surface area contributed by atoms with Crippen molar-refractivity contribution in [2.45, 2.75) is 25.7 Å². The van der Waals surface area contributed by atoms with Crippen LogP contribution in [-0.2, 0) is 12.8 Å². The van der Waals surface area contributed by atoms with E-state index in [4.69, 9.17) is 4.42 Å². The van der Waals surface area contributed by atoms with Gasteiger partial charge in [-0.2, -0.15) is 0 Å². The number of thiophene rings is 1. The van der Waals surface area contributed by atoms with Gasteiger partial charge in [0.1, 0.15) is 5.65 Å². The van der Waals surface area contributed by atoms with Crippen molar-refractivity contribution in [2.75, 3.05) is 6.54 Å². The number of carbonyl (C=O) groups excluding carboxylic acids is 1. The molecule has 4 aromatic heterocycles. The summed E-state index contributed by atoms with van der Waals surface area (Å²) in [6.07, 6.45) is 10.9. The maximum absolute atomic E-state index is 12.6. The van der Waals surface area contributed by atoms with E-state index >= 15 is 0 Å². The quantitative estimate of drug-likeness (QED) is 0.441. The van der Waals surface area contributed by atoms with Crippen molar-refractivity contribution in [3.63, 3.8) is 0 Å². The van der Waals surface area contributed by atoms with E-state index in [1.165, 1.54) is 22.5 Å². The molecule has 4 rings (SSSR count). The molecule has 0 spiro atoms. The van der Waals surface area contributed by atoms with E-state index in [0.29, 0.717) is 6.54 Å². The highest BCUT2D eigenvalue weighted by Crippen LogP contribution is 2.24. The van der Waals surface area contributed by atoms with Crippen LogP contribution in [0.15, 0.2) is 59.0 Å². The third-order valence-electron chi connectivity index (χ3n) is 4.64. The average Bonchev–Trinajstić information content (AvgIpc) is 3.43. The number of H-pyrrole nitrogens is 1. The number of aromatic nitrogens is 2. The summed E-state index contributed by atoms with van der Waals surface area (Å²) in [6.45, 7) is 0.686. The number of pyridine rings is 1. The summed E-state index contributed by atoms with van der Waals surface area (Å²) in [7, 11) is 0. The fourth-order valence-electron chi connectivity index (χ4n) is 3.22. The van der Waals surface area contributed by atoms with Crippen LogP contribution in [0.4, 0.5) is 0 Å². The minimum Gasteiger partial charge on any atom is -0.472 e. The molecule has 0 fully saturated rings. The number of furan rings is 1. The van der Waals surface area contributed by atoms with Gasteiger partial charge in [-0.15, -0.1) is 11.3 Å². The molecule has 0 bridgehead atoms. The second kappa shape index (κ2) is 8.22. The maximum atomic E-state index is 12.6. The number of nitrogens with one attached hydrogen (secondary N) is 2. The molecule has 138 valence electrons. The second-order valence-corrected chi connectivity index (χ2v) is 7.42. The maximum Gasteiger partial charge on any atom is 0.261 e. The summed E-state index contributed by atoms with van der Waals surface area (Å²) in [4.78, 5) is 20.8. The van der Waals surface area contributed by atoms with Gasteiger partial charge >= 0.3 is 0 Å². The first-order chi connectivity index (χ1) is 13.3. The number of aryl methyl sites for hydroxylation is 1. The zero-order valence-electron chi connectivity index (χ0n) is 14.9. The van der Waals surface area contributed by atoms with E-state index in [1.807, 2.05) is 35.8 Å². The lowest BCUT2D eigenvalue weighted by Gasteiger charge is -2.07. The smallest absolute Gasteiger partial charge is 0.261 e. The number of amides is 1. The van der Waals surface area contributed by atoms with Crippen LogP contribution in [0.3, 0.4) is 0 Å². The van der Waals surface area contributed by atoms with Crippen molar-refractivity contribution in [1.29, 1.82) is 0 Å². The van der Waals surface area contributed by atoms with Crippen LogP contribution >= 0.6 is 11.3 Å². The summed E-state index contributed by atoms with van der Waals surface area (Å²) < 4.78 is 5.07. The van der Waals surface area contributed by atoms with Gasteiger partial charge in [0.15, 0.2) is 0 Å². The largest absolute Gasteiger partial charge is 0.472 e. The third-order valence-corrected chi connectivity index (χ3v) is 5.60. The molecule has 27 heavy (non-hydrogen) atoms. The number of aromatic amines is 1. The van der Waals surface area contributed by atoms with Crippen molar-refractivity contribution in [1.82, 2.24) is 15.3 Å². The first kappa shape index (κ1) is 17.5. The number of carbonyl (C=O) groups is 1. The minimum atomic E-state index is 0.0164. The van der Waals surface area contributed by atoms with Crippen molar-refractivity contribution >= 4 is 28.3 Å².